The standard InChI is InChI=1S/C20H28FN5OS.HI/c1-14-11-23-19(28-14)12-24-20(22-2)25-16-6-8-26(9-7-16)13-15-4-5-18(27-3)17(21)10-15;/h4-5,10-11,16H,6-9,12-13H2,1-3H3,(H2,22,24,25);1H. The Bertz CT molecular complexity index is 808. The topological polar surface area (TPSA) is 61.8 Å². The molecule has 0 bridgehead atoms. The van der Waals surface area contributed by atoms with E-state index < -0.39 is 0 Å². The molecule has 1 fully saturated rings. The molecule has 29 heavy (non-hydrogen) atoms. The predicted octanol–water partition coefficient (Wildman–Crippen LogP) is 3.55. The molecule has 1 saturated heterocycles. The van der Waals surface area contributed by atoms with Crippen LogP contribution in [0, 0.1) is 12.7 Å². The summed E-state index contributed by atoms with van der Waals surface area (Å²) in [6, 6.07) is 5.57. The number of hydrogen-bond acceptors (Lipinski definition) is 5. The lowest BCUT2D eigenvalue weighted by Gasteiger charge is -2.33. The minimum Gasteiger partial charge on any atom is -0.494 e. The van der Waals surface area contributed by atoms with E-state index in [9.17, 15) is 4.39 Å². The van der Waals surface area contributed by atoms with Crippen molar-refractivity contribution in [2.24, 2.45) is 4.99 Å². The molecule has 1 aliphatic rings. The summed E-state index contributed by atoms with van der Waals surface area (Å²) < 4.78 is 18.9. The molecular weight excluding hydrogens is 504 g/mol. The number of aromatic nitrogens is 1. The average molecular weight is 533 g/mol. The van der Waals surface area contributed by atoms with E-state index in [2.05, 4.69) is 32.4 Å². The van der Waals surface area contributed by atoms with Gasteiger partial charge in [0.05, 0.1) is 13.7 Å². The lowest BCUT2D eigenvalue weighted by atomic mass is 10.0. The van der Waals surface area contributed by atoms with E-state index in [0.717, 1.165) is 49.0 Å². The summed E-state index contributed by atoms with van der Waals surface area (Å²) >= 11 is 1.69. The molecular formula is C20H29FIN5OS. The number of likely N-dealkylation sites (tertiary alicyclic amines) is 1. The minimum atomic E-state index is -0.304. The monoisotopic (exact) mass is 533 g/mol. The van der Waals surface area contributed by atoms with Gasteiger partial charge in [0.15, 0.2) is 17.5 Å². The molecule has 0 atom stereocenters. The number of benzene rings is 1. The zero-order chi connectivity index (χ0) is 19.9. The van der Waals surface area contributed by atoms with Crippen LogP contribution in [0.5, 0.6) is 5.75 Å². The molecule has 160 valence electrons. The van der Waals surface area contributed by atoms with Crippen molar-refractivity contribution in [2.75, 3.05) is 27.2 Å². The van der Waals surface area contributed by atoms with Gasteiger partial charge >= 0.3 is 0 Å². The molecule has 2 N–H and O–H groups in total. The molecule has 0 aliphatic carbocycles. The van der Waals surface area contributed by atoms with Gasteiger partial charge in [-0.3, -0.25) is 9.89 Å². The molecule has 0 amide bonds. The number of aryl methyl sites for hydroxylation is 1. The van der Waals surface area contributed by atoms with Crippen molar-refractivity contribution in [1.29, 1.82) is 0 Å². The van der Waals surface area contributed by atoms with E-state index in [1.165, 1.54) is 12.0 Å². The molecule has 3 rings (SSSR count). The highest BCUT2D eigenvalue weighted by atomic mass is 127. The Labute approximate surface area is 193 Å². The third-order valence-corrected chi connectivity index (χ3v) is 5.76. The van der Waals surface area contributed by atoms with Gasteiger partial charge < -0.3 is 15.4 Å². The Morgan fingerprint density at radius 2 is 2.14 bits per heavy atom. The Kier molecular flexibility index (Phi) is 9.57. The van der Waals surface area contributed by atoms with Gasteiger partial charge in [0.1, 0.15) is 5.01 Å². The van der Waals surface area contributed by atoms with Gasteiger partial charge in [-0.05, 0) is 37.5 Å². The van der Waals surface area contributed by atoms with Crippen LogP contribution in [0.15, 0.2) is 29.4 Å². The van der Waals surface area contributed by atoms with E-state index in [-0.39, 0.29) is 29.8 Å². The van der Waals surface area contributed by atoms with E-state index in [1.807, 2.05) is 12.3 Å². The summed E-state index contributed by atoms with van der Waals surface area (Å²) in [5.41, 5.74) is 0.973. The van der Waals surface area contributed by atoms with Crippen molar-refractivity contribution in [3.8, 4) is 5.75 Å². The first-order chi connectivity index (χ1) is 13.6. The van der Waals surface area contributed by atoms with Gasteiger partial charge in [0, 0.05) is 43.8 Å². The highest BCUT2D eigenvalue weighted by Crippen LogP contribution is 2.20. The maximum atomic E-state index is 13.9. The van der Waals surface area contributed by atoms with Gasteiger partial charge in [0.25, 0.3) is 0 Å². The van der Waals surface area contributed by atoms with Crippen LogP contribution in [0.1, 0.15) is 28.3 Å². The Hall–Kier alpha value is -1.46. The molecule has 6 nitrogen and oxygen atoms in total. The SMILES string of the molecule is CN=C(NCc1ncc(C)s1)NC1CCN(Cc2ccc(OC)c(F)c2)CC1.I. The van der Waals surface area contributed by atoms with Crippen molar-refractivity contribution in [2.45, 2.75) is 38.9 Å². The molecule has 1 aromatic heterocycles. The van der Waals surface area contributed by atoms with Gasteiger partial charge in [0.2, 0.25) is 0 Å². The minimum absolute atomic E-state index is 0. The Morgan fingerprint density at radius 3 is 2.72 bits per heavy atom. The van der Waals surface area contributed by atoms with Gasteiger partial charge in [-0.1, -0.05) is 6.07 Å². The summed E-state index contributed by atoms with van der Waals surface area (Å²) in [7, 11) is 3.27. The fraction of sp³-hybridized carbons (Fsp3) is 0.500. The second-order valence-corrected chi connectivity index (χ2v) is 8.27. The number of thiazole rings is 1. The molecule has 9 heteroatoms. The number of aliphatic imine (C=N–C) groups is 1. The van der Waals surface area contributed by atoms with Crippen LogP contribution >= 0.6 is 35.3 Å². The summed E-state index contributed by atoms with van der Waals surface area (Å²) in [6.07, 6.45) is 3.94. The maximum Gasteiger partial charge on any atom is 0.191 e. The van der Waals surface area contributed by atoms with Crippen molar-refractivity contribution >= 4 is 41.3 Å². The smallest absolute Gasteiger partial charge is 0.191 e. The van der Waals surface area contributed by atoms with Crippen LogP contribution in [-0.4, -0.2) is 49.1 Å². The van der Waals surface area contributed by atoms with Crippen molar-refractivity contribution in [3.05, 3.63) is 45.7 Å². The first-order valence-corrected chi connectivity index (χ1v) is 10.3. The second kappa shape index (κ2) is 11.7. The third-order valence-electron chi connectivity index (χ3n) is 4.85. The lowest BCUT2D eigenvalue weighted by molar-refractivity contribution is 0.198. The molecule has 2 aromatic rings. The molecule has 2 heterocycles. The number of ether oxygens (including phenoxy) is 1. The van der Waals surface area contributed by atoms with Crippen LogP contribution in [0.4, 0.5) is 4.39 Å². The van der Waals surface area contributed by atoms with Crippen LogP contribution in [0.2, 0.25) is 0 Å². The number of nitrogens with one attached hydrogen (secondary N) is 2. The number of hydrogen-bond donors (Lipinski definition) is 2. The van der Waals surface area contributed by atoms with E-state index in [0.29, 0.717) is 18.3 Å². The number of halogens is 2. The summed E-state index contributed by atoms with van der Waals surface area (Å²) in [5, 5.41) is 7.90. The zero-order valence-corrected chi connectivity index (χ0v) is 20.2. The van der Waals surface area contributed by atoms with E-state index in [4.69, 9.17) is 4.74 Å². The zero-order valence-electron chi connectivity index (χ0n) is 17.1. The van der Waals surface area contributed by atoms with Crippen LogP contribution in [0.25, 0.3) is 0 Å². The van der Waals surface area contributed by atoms with E-state index in [1.54, 1.807) is 30.5 Å². The molecule has 0 spiro atoms. The quantitative estimate of drug-likeness (QED) is 0.338. The molecule has 1 aromatic carbocycles. The molecule has 0 radical (unpaired) electrons. The van der Waals surface area contributed by atoms with Gasteiger partial charge in [-0.2, -0.15) is 0 Å². The number of rotatable bonds is 6. The molecule has 0 saturated carbocycles. The predicted molar refractivity (Wildman–Crippen MR) is 127 cm³/mol. The van der Waals surface area contributed by atoms with Gasteiger partial charge in [-0.25, -0.2) is 9.37 Å². The van der Waals surface area contributed by atoms with Crippen molar-refractivity contribution in [3.63, 3.8) is 0 Å². The van der Waals surface area contributed by atoms with Crippen LogP contribution in [-0.2, 0) is 13.1 Å². The number of nitrogens with zero attached hydrogens (tertiary/aromatic N) is 3. The third kappa shape index (κ3) is 7.07. The highest BCUT2D eigenvalue weighted by molar-refractivity contribution is 14.0. The summed E-state index contributed by atoms with van der Waals surface area (Å²) in [4.78, 5) is 12.3. The van der Waals surface area contributed by atoms with Crippen LogP contribution in [0.3, 0.4) is 0 Å². The van der Waals surface area contributed by atoms with Crippen molar-refractivity contribution in [1.82, 2.24) is 20.5 Å². The number of guanidine groups is 1. The summed E-state index contributed by atoms with van der Waals surface area (Å²) in [5.74, 6) is 0.795. The second-order valence-electron chi connectivity index (χ2n) is 6.95. The fourth-order valence-corrected chi connectivity index (χ4v) is 4.06. The first-order valence-electron chi connectivity index (χ1n) is 9.50. The molecule has 0 unspecified atom stereocenters. The Balaban J connectivity index is 0.00000300. The van der Waals surface area contributed by atoms with E-state index >= 15 is 0 Å². The molecule has 1 aliphatic heterocycles. The highest BCUT2D eigenvalue weighted by Gasteiger charge is 2.20. The van der Waals surface area contributed by atoms with Crippen LogP contribution < -0.4 is 15.4 Å². The largest absolute Gasteiger partial charge is 0.494 e. The fourth-order valence-electron chi connectivity index (χ4n) is 3.33. The average Bonchev–Trinajstić information content (AvgIpc) is 3.12. The number of methoxy groups -OCH3 is 1. The maximum absolute atomic E-state index is 13.9. The first kappa shape index (κ1) is 23.8. The van der Waals surface area contributed by atoms with Gasteiger partial charge in [-0.15, -0.1) is 35.3 Å². The lowest BCUT2D eigenvalue weighted by Crippen LogP contribution is -2.48. The van der Waals surface area contributed by atoms with Crippen molar-refractivity contribution < 1.29 is 9.13 Å². The summed E-state index contributed by atoms with van der Waals surface area (Å²) in [6.45, 7) is 5.42. The normalized spacial score (nSPS) is 15.7. The Morgan fingerprint density at radius 1 is 1.38 bits per heavy atom. The number of piperidine rings is 1.